The summed E-state index contributed by atoms with van der Waals surface area (Å²) in [5.41, 5.74) is 7.31. The molecule has 7 heteroatoms. The van der Waals surface area contributed by atoms with Crippen molar-refractivity contribution in [2.75, 3.05) is 5.32 Å². The number of rotatable bonds is 4. The topological polar surface area (TPSA) is 99.4 Å². The molecule has 5 rings (SSSR count). The van der Waals surface area contributed by atoms with Gasteiger partial charge in [-0.25, -0.2) is 9.97 Å². The largest absolute Gasteiger partial charge is 0.353 e. The van der Waals surface area contributed by atoms with Crippen LogP contribution in [0.1, 0.15) is 5.56 Å². The Hall–Kier alpha value is -4.26. The Morgan fingerprint density at radius 2 is 2.07 bits per heavy atom. The fourth-order valence-electron chi connectivity index (χ4n) is 3.44. The second-order valence-electron chi connectivity index (χ2n) is 7.07. The average molecular weight is 394 g/mol. The van der Waals surface area contributed by atoms with Gasteiger partial charge in [-0.05, 0) is 42.8 Å². The molecule has 0 aliphatic carbocycles. The van der Waals surface area contributed by atoms with Gasteiger partial charge in [-0.1, -0.05) is 30.8 Å². The number of nitrogens with zero attached hydrogens (tertiary/aromatic N) is 3. The summed E-state index contributed by atoms with van der Waals surface area (Å²) in [6.45, 7) is 5.54. The van der Waals surface area contributed by atoms with Gasteiger partial charge in [0.15, 0.2) is 5.65 Å². The molecule has 0 fully saturated rings. The summed E-state index contributed by atoms with van der Waals surface area (Å²) >= 11 is 0. The maximum absolute atomic E-state index is 11.6. The number of nitrogens with one attached hydrogen (secondary N) is 3. The van der Waals surface area contributed by atoms with Crippen molar-refractivity contribution in [2.45, 2.75) is 6.92 Å². The van der Waals surface area contributed by atoms with E-state index in [0.717, 1.165) is 22.2 Å². The second-order valence-corrected chi connectivity index (χ2v) is 7.07. The minimum Gasteiger partial charge on any atom is -0.353 e. The minimum absolute atomic E-state index is 0.264. The van der Waals surface area contributed by atoms with Gasteiger partial charge in [-0.3, -0.25) is 9.89 Å². The molecule has 0 unspecified atom stereocenters. The number of anilines is 1. The Morgan fingerprint density at radius 1 is 1.17 bits per heavy atom. The number of fused-ring (bicyclic) bond motifs is 2. The van der Waals surface area contributed by atoms with Crippen LogP contribution in [0.4, 0.5) is 5.69 Å². The Kier molecular flexibility index (Phi) is 4.14. The Morgan fingerprint density at radius 3 is 2.93 bits per heavy atom. The number of aromatic nitrogens is 5. The molecule has 0 saturated heterocycles. The molecule has 0 aliphatic heterocycles. The Bertz CT molecular complexity index is 1430. The van der Waals surface area contributed by atoms with E-state index in [1.54, 1.807) is 6.20 Å². The molecule has 0 radical (unpaired) electrons. The lowest BCUT2D eigenvalue weighted by Crippen LogP contribution is -2.07. The van der Waals surface area contributed by atoms with E-state index in [0.29, 0.717) is 28.2 Å². The quantitative estimate of drug-likeness (QED) is 0.388. The van der Waals surface area contributed by atoms with Gasteiger partial charge in [0.1, 0.15) is 11.2 Å². The van der Waals surface area contributed by atoms with Crippen molar-refractivity contribution in [3.8, 4) is 22.6 Å². The van der Waals surface area contributed by atoms with Crippen LogP contribution in [-0.4, -0.2) is 31.1 Å². The molecule has 7 nitrogen and oxygen atoms in total. The fraction of sp³-hybridized carbons (Fsp3) is 0.0435. The van der Waals surface area contributed by atoms with Crippen LogP contribution in [0, 0.1) is 6.92 Å². The molecule has 3 N–H and O–H groups in total. The molecular formula is C23H18N6O. The van der Waals surface area contributed by atoms with Gasteiger partial charge < -0.3 is 10.3 Å². The van der Waals surface area contributed by atoms with Crippen molar-refractivity contribution in [1.82, 2.24) is 25.1 Å². The number of H-pyrrole nitrogens is 2. The van der Waals surface area contributed by atoms with Crippen molar-refractivity contribution < 1.29 is 4.79 Å². The van der Waals surface area contributed by atoms with Crippen molar-refractivity contribution in [3.05, 3.63) is 72.9 Å². The first kappa shape index (κ1) is 17.8. The van der Waals surface area contributed by atoms with Crippen LogP contribution in [0.25, 0.3) is 44.7 Å². The third kappa shape index (κ3) is 3.12. The fourth-order valence-corrected chi connectivity index (χ4v) is 3.44. The van der Waals surface area contributed by atoms with Crippen molar-refractivity contribution >= 4 is 33.7 Å². The smallest absolute Gasteiger partial charge is 0.247 e. The normalized spacial score (nSPS) is 11.1. The van der Waals surface area contributed by atoms with Gasteiger partial charge in [0.05, 0.1) is 17.6 Å². The lowest BCUT2D eigenvalue weighted by Gasteiger charge is -2.05. The Balaban J connectivity index is 1.58. The highest BCUT2D eigenvalue weighted by Gasteiger charge is 2.15. The zero-order valence-corrected chi connectivity index (χ0v) is 16.2. The zero-order valence-electron chi connectivity index (χ0n) is 16.2. The Labute approximate surface area is 171 Å². The van der Waals surface area contributed by atoms with Gasteiger partial charge in [0.2, 0.25) is 5.91 Å². The molecule has 3 aromatic heterocycles. The lowest BCUT2D eigenvalue weighted by atomic mass is 10.1. The highest BCUT2D eigenvalue weighted by atomic mass is 16.1. The number of amides is 1. The summed E-state index contributed by atoms with van der Waals surface area (Å²) in [4.78, 5) is 24.3. The van der Waals surface area contributed by atoms with Gasteiger partial charge >= 0.3 is 0 Å². The van der Waals surface area contributed by atoms with E-state index in [1.807, 2.05) is 24.3 Å². The summed E-state index contributed by atoms with van der Waals surface area (Å²) in [6.07, 6.45) is 2.92. The summed E-state index contributed by atoms with van der Waals surface area (Å²) in [5, 5.41) is 11.3. The van der Waals surface area contributed by atoms with Crippen molar-refractivity contribution in [2.24, 2.45) is 0 Å². The molecule has 0 spiro atoms. The maximum Gasteiger partial charge on any atom is 0.247 e. The number of carbonyl (C=O) groups is 1. The van der Waals surface area contributed by atoms with Crippen LogP contribution in [0.5, 0.6) is 0 Å². The maximum atomic E-state index is 11.6. The monoisotopic (exact) mass is 394 g/mol. The second kappa shape index (κ2) is 6.97. The van der Waals surface area contributed by atoms with Gasteiger partial charge in [-0.2, -0.15) is 5.10 Å². The van der Waals surface area contributed by atoms with Crippen LogP contribution in [0.15, 0.2) is 67.4 Å². The molecule has 3 heterocycles. The van der Waals surface area contributed by atoms with E-state index in [2.05, 4.69) is 63.3 Å². The number of hydrogen-bond donors (Lipinski definition) is 3. The third-order valence-electron chi connectivity index (χ3n) is 4.91. The predicted octanol–water partition coefficient (Wildman–Crippen LogP) is 4.60. The number of hydrogen-bond acceptors (Lipinski definition) is 4. The first-order chi connectivity index (χ1) is 14.6. The molecule has 30 heavy (non-hydrogen) atoms. The van der Waals surface area contributed by atoms with Crippen LogP contribution >= 0.6 is 0 Å². The van der Waals surface area contributed by atoms with Crippen LogP contribution in [0.2, 0.25) is 0 Å². The average Bonchev–Trinajstić information content (AvgIpc) is 3.36. The van der Waals surface area contributed by atoms with E-state index in [4.69, 9.17) is 4.98 Å². The number of aromatic amines is 2. The zero-order chi connectivity index (χ0) is 20.7. The van der Waals surface area contributed by atoms with Crippen LogP contribution < -0.4 is 5.32 Å². The van der Waals surface area contributed by atoms with Crippen LogP contribution in [-0.2, 0) is 4.79 Å². The first-order valence-corrected chi connectivity index (χ1v) is 9.45. The molecule has 5 aromatic rings. The molecule has 2 aromatic carbocycles. The van der Waals surface area contributed by atoms with E-state index < -0.39 is 0 Å². The highest BCUT2D eigenvalue weighted by Crippen LogP contribution is 2.29. The molecule has 0 bridgehead atoms. The van der Waals surface area contributed by atoms with Gasteiger partial charge in [0, 0.05) is 22.2 Å². The van der Waals surface area contributed by atoms with Crippen molar-refractivity contribution in [1.29, 1.82) is 0 Å². The third-order valence-corrected chi connectivity index (χ3v) is 4.91. The molecule has 1 amide bonds. The number of carbonyl (C=O) groups excluding carboxylic acids is 1. The minimum atomic E-state index is -0.264. The number of benzene rings is 2. The molecular weight excluding hydrogens is 376 g/mol. The molecule has 0 aliphatic rings. The summed E-state index contributed by atoms with van der Waals surface area (Å²) in [7, 11) is 0. The van der Waals surface area contributed by atoms with Crippen LogP contribution in [0.3, 0.4) is 0 Å². The molecule has 146 valence electrons. The summed E-state index contributed by atoms with van der Waals surface area (Å²) in [5.74, 6) is -0.264. The van der Waals surface area contributed by atoms with E-state index in [9.17, 15) is 4.79 Å². The summed E-state index contributed by atoms with van der Waals surface area (Å²) < 4.78 is 0. The molecule has 0 atom stereocenters. The van der Waals surface area contributed by atoms with Gasteiger partial charge in [-0.15, -0.1) is 0 Å². The van der Waals surface area contributed by atoms with E-state index in [-0.39, 0.29) is 5.91 Å². The SMILES string of the molecule is C=CC(=O)Nc1cccc(-c2cnc3[nH]nc(-c4cc5ccc(C)cc5[nH]4)c3n2)c1. The lowest BCUT2D eigenvalue weighted by molar-refractivity contribution is -0.111. The predicted molar refractivity (Wildman–Crippen MR) is 118 cm³/mol. The van der Waals surface area contributed by atoms with E-state index >= 15 is 0 Å². The highest BCUT2D eigenvalue weighted by molar-refractivity contribution is 5.99. The number of aryl methyl sites for hydroxylation is 1. The first-order valence-electron chi connectivity index (χ1n) is 9.45. The summed E-state index contributed by atoms with van der Waals surface area (Å²) in [6, 6.07) is 15.8. The van der Waals surface area contributed by atoms with Crippen molar-refractivity contribution in [3.63, 3.8) is 0 Å². The van der Waals surface area contributed by atoms with Gasteiger partial charge in [0.25, 0.3) is 0 Å². The molecule has 0 saturated carbocycles. The van der Waals surface area contributed by atoms with E-state index in [1.165, 1.54) is 11.6 Å². The standard InChI is InChI=1S/C23H18N6O/c1-3-20(30)25-16-6-4-5-14(10-16)19-12-24-23-22(27-19)21(28-29-23)18-11-15-8-7-13(2)9-17(15)26-18/h3-12,26H,1H2,2H3,(H,25,30)(H,24,28,29).